The predicted molar refractivity (Wildman–Crippen MR) is 104 cm³/mol. The van der Waals surface area contributed by atoms with Crippen molar-refractivity contribution >= 4 is 23.6 Å². The molecule has 1 aromatic heterocycles. The smallest absolute Gasteiger partial charge is 0.330 e. The van der Waals surface area contributed by atoms with Crippen molar-refractivity contribution < 1.29 is 23.1 Å². The fourth-order valence-corrected chi connectivity index (χ4v) is 2.52. The minimum Gasteiger partial charge on any atom is -0.463 e. The molecular formula is C22H18FNO4. The van der Waals surface area contributed by atoms with Crippen molar-refractivity contribution in [2.24, 2.45) is 0 Å². The molecule has 1 heterocycles. The van der Waals surface area contributed by atoms with Crippen LogP contribution in [0.1, 0.15) is 23.0 Å². The minimum absolute atomic E-state index is 0.103. The van der Waals surface area contributed by atoms with E-state index in [0.29, 0.717) is 23.6 Å². The molecule has 0 aliphatic rings. The highest BCUT2D eigenvalue weighted by Crippen LogP contribution is 2.23. The van der Waals surface area contributed by atoms with Crippen LogP contribution in [0.3, 0.4) is 0 Å². The Hall–Kier alpha value is -3.67. The molecule has 142 valence electrons. The molecule has 0 saturated carbocycles. The summed E-state index contributed by atoms with van der Waals surface area (Å²) in [5.74, 6) is -0.748. The molecule has 6 heteroatoms. The highest BCUT2D eigenvalue weighted by atomic mass is 19.1. The molecule has 1 amide bonds. The number of hydrogen-bond acceptors (Lipinski definition) is 4. The number of carbonyl (C=O) groups excluding carboxylic acids is 2. The summed E-state index contributed by atoms with van der Waals surface area (Å²) >= 11 is 0. The first-order chi connectivity index (χ1) is 13.5. The normalized spacial score (nSPS) is 10.8. The molecule has 5 nitrogen and oxygen atoms in total. The van der Waals surface area contributed by atoms with E-state index in [-0.39, 0.29) is 11.6 Å². The molecule has 0 aliphatic carbocycles. The second kappa shape index (κ2) is 8.81. The summed E-state index contributed by atoms with van der Waals surface area (Å²) in [7, 11) is 0. The Kier molecular flexibility index (Phi) is 6.01. The molecule has 0 radical (unpaired) electrons. The highest BCUT2D eigenvalue weighted by Gasteiger charge is 2.13. The zero-order valence-electron chi connectivity index (χ0n) is 15.1. The van der Waals surface area contributed by atoms with Gasteiger partial charge >= 0.3 is 5.97 Å². The first-order valence-electron chi connectivity index (χ1n) is 8.67. The highest BCUT2D eigenvalue weighted by molar-refractivity contribution is 6.02. The van der Waals surface area contributed by atoms with E-state index >= 15 is 0 Å². The summed E-state index contributed by atoms with van der Waals surface area (Å²) in [5.41, 5.74) is 1.82. The molecule has 1 N–H and O–H groups in total. The number of benzene rings is 2. The van der Waals surface area contributed by atoms with Gasteiger partial charge in [-0.3, -0.25) is 4.79 Å². The molecule has 0 bridgehead atoms. The zero-order chi connectivity index (χ0) is 19.9. The fourth-order valence-electron chi connectivity index (χ4n) is 2.52. The van der Waals surface area contributed by atoms with Crippen molar-refractivity contribution in [3.63, 3.8) is 0 Å². The van der Waals surface area contributed by atoms with E-state index < -0.39 is 11.9 Å². The molecule has 0 spiro atoms. The Morgan fingerprint density at radius 1 is 1.11 bits per heavy atom. The summed E-state index contributed by atoms with van der Waals surface area (Å²) in [6, 6.07) is 16.1. The number of amides is 1. The molecule has 0 saturated heterocycles. The third-order valence-corrected chi connectivity index (χ3v) is 3.78. The van der Waals surface area contributed by atoms with Gasteiger partial charge in [0.05, 0.1) is 6.61 Å². The topological polar surface area (TPSA) is 68.5 Å². The van der Waals surface area contributed by atoms with Crippen LogP contribution in [0.5, 0.6) is 0 Å². The van der Waals surface area contributed by atoms with E-state index in [1.54, 1.807) is 55.5 Å². The molecule has 0 atom stereocenters. The van der Waals surface area contributed by atoms with Crippen LogP contribution in [0, 0.1) is 5.82 Å². The average Bonchev–Trinajstić information content (AvgIpc) is 3.17. The Morgan fingerprint density at radius 2 is 1.93 bits per heavy atom. The van der Waals surface area contributed by atoms with Gasteiger partial charge in [-0.15, -0.1) is 0 Å². The second-order valence-corrected chi connectivity index (χ2v) is 5.84. The van der Waals surface area contributed by atoms with Crippen molar-refractivity contribution in [1.29, 1.82) is 0 Å². The molecule has 2 aromatic carbocycles. The maximum absolute atomic E-state index is 13.3. The molecule has 28 heavy (non-hydrogen) atoms. The van der Waals surface area contributed by atoms with Gasteiger partial charge in [0.1, 0.15) is 11.6 Å². The van der Waals surface area contributed by atoms with Crippen LogP contribution in [0.2, 0.25) is 0 Å². The number of nitrogens with one attached hydrogen (secondary N) is 1. The second-order valence-electron chi connectivity index (χ2n) is 5.84. The number of anilines is 1. The molecule has 0 fully saturated rings. The third-order valence-electron chi connectivity index (χ3n) is 3.78. The van der Waals surface area contributed by atoms with Gasteiger partial charge in [0.15, 0.2) is 5.76 Å². The van der Waals surface area contributed by atoms with Crippen LogP contribution in [0.25, 0.3) is 17.4 Å². The molecule has 0 unspecified atom stereocenters. The van der Waals surface area contributed by atoms with E-state index in [2.05, 4.69) is 5.32 Å². The number of halogens is 1. The monoisotopic (exact) mass is 379 g/mol. The Bertz CT molecular complexity index is 1020. The van der Waals surface area contributed by atoms with E-state index in [4.69, 9.17) is 9.15 Å². The number of furan rings is 1. The van der Waals surface area contributed by atoms with E-state index in [1.807, 2.05) is 0 Å². The lowest BCUT2D eigenvalue weighted by Crippen LogP contribution is -2.10. The van der Waals surface area contributed by atoms with E-state index in [9.17, 15) is 14.0 Å². The van der Waals surface area contributed by atoms with Crippen LogP contribution < -0.4 is 5.32 Å². The predicted octanol–water partition coefficient (Wildman–Crippen LogP) is 4.91. The Morgan fingerprint density at radius 3 is 2.71 bits per heavy atom. The average molecular weight is 379 g/mol. The van der Waals surface area contributed by atoms with Crippen molar-refractivity contribution in [1.82, 2.24) is 0 Å². The van der Waals surface area contributed by atoms with Gasteiger partial charge in [0.2, 0.25) is 0 Å². The Labute approximate surface area is 161 Å². The summed E-state index contributed by atoms with van der Waals surface area (Å²) in [4.78, 5) is 23.8. The first kappa shape index (κ1) is 19.1. The van der Waals surface area contributed by atoms with Crippen LogP contribution in [0.4, 0.5) is 10.1 Å². The van der Waals surface area contributed by atoms with Crippen molar-refractivity contribution in [2.75, 3.05) is 11.9 Å². The van der Waals surface area contributed by atoms with Gasteiger partial charge < -0.3 is 14.5 Å². The third kappa shape index (κ3) is 4.94. The van der Waals surface area contributed by atoms with Gasteiger partial charge in [-0.1, -0.05) is 24.3 Å². The zero-order valence-corrected chi connectivity index (χ0v) is 15.1. The van der Waals surface area contributed by atoms with Gasteiger partial charge in [0, 0.05) is 17.3 Å². The lowest BCUT2D eigenvalue weighted by molar-refractivity contribution is -0.137. The van der Waals surface area contributed by atoms with Gasteiger partial charge in [-0.2, -0.15) is 0 Å². The van der Waals surface area contributed by atoms with Crippen LogP contribution in [-0.2, 0) is 9.53 Å². The lowest BCUT2D eigenvalue weighted by Gasteiger charge is -2.04. The largest absolute Gasteiger partial charge is 0.463 e. The maximum atomic E-state index is 13.3. The fraction of sp³-hybridized carbons (Fsp3) is 0.0909. The molecular weight excluding hydrogens is 361 g/mol. The standard InChI is InChI=1S/C22H18FNO4/c1-2-27-21(25)12-9-15-5-3-8-18(13-15)24-22(26)20-11-10-19(28-20)16-6-4-7-17(23)14-16/h3-14H,2H2,1H3,(H,24,26)/b12-9+. The molecule has 0 aliphatic heterocycles. The van der Waals surface area contributed by atoms with Gasteiger partial charge in [-0.25, -0.2) is 9.18 Å². The number of ether oxygens (including phenoxy) is 1. The SMILES string of the molecule is CCOC(=O)/C=C/c1cccc(NC(=O)c2ccc(-c3cccc(F)c3)o2)c1. The number of esters is 1. The van der Waals surface area contributed by atoms with Crippen LogP contribution >= 0.6 is 0 Å². The number of carbonyl (C=O) groups is 2. The van der Waals surface area contributed by atoms with Crippen LogP contribution in [-0.4, -0.2) is 18.5 Å². The Balaban J connectivity index is 1.70. The van der Waals surface area contributed by atoms with Gasteiger partial charge in [0.25, 0.3) is 5.91 Å². The van der Waals surface area contributed by atoms with E-state index in [0.717, 1.165) is 5.56 Å². The van der Waals surface area contributed by atoms with Gasteiger partial charge in [-0.05, 0) is 55.0 Å². The summed E-state index contributed by atoms with van der Waals surface area (Å²) in [6.07, 6.45) is 2.92. The molecule has 3 aromatic rings. The minimum atomic E-state index is -0.436. The quantitative estimate of drug-likeness (QED) is 0.488. The van der Waals surface area contributed by atoms with E-state index in [1.165, 1.54) is 24.3 Å². The first-order valence-corrected chi connectivity index (χ1v) is 8.67. The van der Waals surface area contributed by atoms with Crippen molar-refractivity contribution in [3.8, 4) is 11.3 Å². The summed E-state index contributed by atoms with van der Waals surface area (Å²) in [5, 5.41) is 2.73. The summed E-state index contributed by atoms with van der Waals surface area (Å²) in [6.45, 7) is 2.04. The number of hydrogen-bond donors (Lipinski definition) is 1. The van der Waals surface area contributed by atoms with Crippen molar-refractivity contribution in [2.45, 2.75) is 6.92 Å². The molecule has 3 rings (SSSR count). The lowest BCUT2D eigenvalue weighted by atomic mass is 10.2. The summed E-state index contributed by atoms with van der Waals surface area (Å²) < 4.78 is 23.7. The number of rotatable bonds is 6. The van der Waals surface area contributed by atoms with Crippen LogP contribution in [0.15, 0.2) is 71.2 Å². The van der Waals surface area contributed by atoms with Crippen molar-refractivity contribution in [3.05, 3.63) is 83.9 Å². The maximum Gasteiger partial charge on any atom is 0.330 e.